The normalized spacial score (nSPS) is 12.3. The van der Waals surface area contributed by atoms with Gasteiger partial charge in [0.05, 0.1) is 11.6 Å². The van der Waals surface area contributed by atoms with Crippen LogP contribution in [0.1, 0.15) is 9.67 Å². The van der Waals surface area contributed by atoms with Crippen LogP contribution in [0.2, 0.25) is 5.02 Å². The van der Waals surface area contributed by atoms with E-state index in [1.54, 1.807) is 0 Å². The number of benzene rings is 1. The van der Waals surface area contributed by atoms with Gasteiger partial charge in [0.1, 0.15) is 10.7 Å². The van der Waals surface area contributed by atoms with Gasteiger partial charge in [-0.15, -0.1) is 11.3 Å². The zero-order valence-electron chi connectivity index (χ0n) is 10.9. The number of ether oxygens (including phenoxy) is 1. The number of methoxy groups -OCH3 is 1. The van der Waals surface area contributed by atoms with Crippen molar-refractivity contribution in [2.75, 3.05) is 13.7 Å². The molecule has 1 amide bonds. The molecule has 8 heteroatoms. The molecular formula is C13H11ClFNO4S. The lowest BCUT2D eigenvalue weighted by molar-refractivity contribution is -0.148. The van der Waals surface area contributed by atoms with Gasteiger partial charge in [0, 0.05) is 17.2 Å². The van der Waals surface area contributed by atoms with Crippen LogP contribution in [0.5, 0.6) is 0 Å². The second kappa shape index (κ2) is 6.38. The molecule has 1 aromatic heterocycles. The molecule has 2 N–H and O–H groups in total. The Hall–Kier alpha value is -1.70. The molecule has 0 fully saturated rings. The highest BCUT2D eigenvalue weighted by Gasteiger charge is 2.21. The highest BCUT2D eigenvalue weighted by Crippen LogP contribution is 2.35. The van der Waals surface area contributed by atoms with E-state index in [0.29, 0.717) is 10.1 Å². The van der Waals surface area contributed by atoms with Crippen molar-refractivity contribution in [3.8, 4) is 0 Å². The van der Waals surface area contributed by atoms with Gasteiger partial charge in [0.25, 0.3) is 5.91 Å². The number of carbonyl (C=O) groups excluding carboxylic acids is 1. The van der Waals surface area contributed by atoms with Gasteiger partial charge in [0.15, 0.2) is 6.10 Å². The van der Waals surface area contributed by atoms with Gasteiger partial charge in [-0.25, -0.2) is 9.18 Å². The standard InChI is InChI=1S/C13H11ClFNO4S/c1-20-8(13(18)19)5-16-12(17)11-10(14)7-3-2-6(15)4-9(7)21-11/h2-4,8H,5H2,1H3,(H,16,17)(H,18,19). The fourth-order valence-corrected chi connectivity index (χ4v) is 3.18. The summed E-state index contributed by atoms with van der Waals surface area (Å²) in [4.78, 5) is 23.0. The number of carbonyl (C=O) groups is 2. The van der Waals surface area contributed by atoms with Gasteiger partial charge in [-0.2, -0.15) is 0 Å². The fraction of sp³-hybridized carbons (Fsp3) is 0.231. The molecule has 112 valence electrons. The van der Waals surface area contributed by atoms with Crippen molar-refractivity contribution in [3.63, 3.8) is 0 Å². The lowest BCUT2D eigenvalue weighted by atomic mass is 10.2. The molecule has 21 heavy (non-hydrogen) atoms. The number of rotatable bonds is 5. The van der Waals surface area contributed by atoms with Crippen molar-refractivity contribution < 1.29 is 23.8 Å². The first-order valence-corrected chi connectivity index (χ1v) is 7.04. The summed E-state index contributed by atoms with van der Waals surface area (Å²) in [6.07, 6.45) is -1.14. The summed E-state index contributed by atoms with van der Waals surface area (Å²) in [7, 11) is 1.24. The molecule has 0 aliphatic rings. The summed E-state index contributed by atoms with van der Waals surface area (Å²) in [6.45, 7) is -0.191. The predicted octanol–water partition coefficient (Wildman–Crippen LogP) is 2.52. The quantitative estimate of drug-likeness (QED) is 0.882. The number of fused-ring (bicyclic) bond motifs is 1. The molecule has 0 aliphatic heterocycles. The molecule has 0 radical (unpaired) electrons. The minimum atomic E-state index is -1.18. The second-order valence-electron chi connectivity index (χ2n) is 4.16. The Morgan fingerprint density at radius 1 is 1.52 bits per heavy atom. The summed E-state index contributed by atoms with van der Waals surface area (Å²) in [6, 6.07) is 4.04. The first-order chi connectivity index (χ1) is 9.93. The molecule has 1 heterocycles. The Morgan fingerprint density at radius 3 is 2.86 bits per heavy atom. The highest BCUT2D eigenvalue weighted by molar-refractivity contribution is 7.21. The maximum absolute atomic E-state index is 13.1. The van der Waals surface area contributed by atoms with E-state index in [4.69, 9.17) is 21.4 Å². The molecule has 1 atom stereocenters. The molecule has 2 rings (SSSR count). The number of halogens is 2. The zero-order valence-corrected chi connectivity index (χ0v) is 12.4. The molecule has 0 saturated carbocycles. The molecule has 1 unspecified atom stereocenters. The van der Waals surface area contributed by atoms with Crippen LogP contribution >= 0.6 is 22.9 Å². The lowest BCUT2D eigenvalue weighted by Crippen LogP contribution is -2.37. The largest absolute Gasteiger partial charge is 0.479 e. The number of thiophene rings is 1. The Kier molecular flexibility index (Phi) is 4.76. The van der Waals surface area contributed by atoms with Crippen molar-refractivity contribution in [2.24, 2.45) is 0 Å². The SMILES string of the molecule is COC(CNC(=O)c1sc2cc(F)ccc2c1Cl)C(=O)O. The average Bonchev–Trinajstić information content (AvgIpc) is 2.75. The smallest absolute Gasteiger partial charge is 0.334 e. The number of hydrogen-bond donors (Lipinski definition) is 2. The van der Waals surface area contributed by atoms with Crippen LogP contribution in [-0.2, 0) is 9.53 Å². The van der Waals surface area contributed by atoms with E-state index < -0.39 is 23.8 Å². The number of amides is 1. The van der Waals surface area contributed by atoms with Crippen LogP contribution < -0.4 is 5.32 Å². The Balaban J connectivity index is 2.20. The minimum absolute atomic E-state index is 0.191. The predicted molar refractivity (Wildman–Crippen MR) is 77.6 cm³/mol. The third kappa shape index (κ3) is 3.31. The van der Waals surface area contributed by atoms with Gasteiger partial charge >= 0.3 is 5.97 Å². The van der Waals surface area contributed by atoms with Crippen molar-refractivity contribution >= 4 is 44.9 Å². The van der Waals surface area contributed by atoms with E-state index in [1.165, 1.54) is 25.3 Å². The Morgan fingerprint density at radius 2 is 2.24 bits per heavy atom. The summed E-state index contributed by atoms with van der Waals surface area (Å²) in [5.41, 5.74) is 0. The summed E-state index contributed by atoms with van der Waals surface area (Å²) >= 11 is 7.14. The number of aliphatic carboxylic acids is 1. The summed E-state index contributed by atoms with van der Waals surface area (Å²) in [5, 5.41) is 12.0. The van der Waals surface area contributed by atoms with Gasteiger partial charge in [0.2, 0.25) is 0 Å². The summed E-state index contributed by atoms with van der Waals surface area (Å²) in [5.74, 6) is -2.12. The van der Waals surface area contributed by atoms with E-state index in [9.17, 15) is 14.0 Å². The van der Waals surface area contributed by atoms with Crippen molar-refractivity contribution in [1.29, 1.82) is 0 Å². The highest BCUT2D eigenvalue weighted by atomic mass is 35.5. The maximum Gasteiger partial charge on any atom is 0.334 e. The molecule has 0 spiro atoms. The first-order valence-electron chi connectivity index (χ1n) is 5.85. The summed E-state index contributed by atoms with van der Waals surface area (Å²) < 4.78 is 18.4. The third-order valence-corrected chi connectivity index (χ3v) is 4.46. The van der Waals surface area contributed by atoms with Crippen LogP contribution in [-0.4, -0.2) is 36.7 Å². The Bertz CT molecular complexity index is 703. The molecule has 1 aromatic carbocycles. The van der Waals surface area contributed by atoms with E-state index in [0.717, 1.165) is 11.3 Å². The van der Waals surface area contributed by atoms with Crippen LogP contribution in [0.4, 0.5) is 4.39 Å². The van der Waals surface area contributed by atoms with Crippen molar-refractivity contribution in [1.82, 2.24) is 5.32 Å². The van der Waals surface area contributed by atoms with Gasteiger partial charge in [-0.05, 0) is 18.2 Å². The van der Waals surface area contributed by atoms with Crippen LogP contribution in [0.3, 0.4) is 0 Å². The van der Waals surface area contributed by atoms with Crippen LogP contribution in [0.15, 0.2) is 18.2 Å². The molecule has 0 saturated heterocycles. The van der Waals surface area contributed by atoms with Gasteiger partial charge < -0.3 is 15.2 Å². The number of carboxylic acids is 1. The third-order valence-electron chi connectivity index (χ3n) is 2.81. The van der Waals surface area contributed by atoms with Crippen LogP contribution in [0.25, 0.3) is 10.1 Å². The van der Waals surface area contributed by atoms with E-state index in [2.05, 4.69) is 5.32 Å². The first kappa shape index (κ1) is 15.7. The molecule has 0 bridgehead atoms. The topological polar surface area (TPSA) is 75.6 Å². The number of carboxylic acid groups (broad SMARTS) is 1. The van der Waals surface area contributed by atoms with Crippen LogP contribution in [0, 0.1) is 5.82 Å². The molecule has 0 aliphatic carbocycles. The lowest BCUT2D eigenvalue weighted by Gasteiger charge is -2.10. The molecule has 2 aromatic rings. The number of nitrogens with one attached hydrogen (secondary N) is 1. The zero-order chi connectivity index (χ0) is 15.6. The van der Waals surface area contributed by atoms with E-state index in [1.807, 2.05) is 0 Å². The second-order valence-corrected chi connectivity index (χ2v) is 5.59. The van der Waals surface area contributed by atoms with E-state index in [-0.39, 0.29) is 16.4 Å². The van der Waals surface area contributed by atoms with Crippen molar-refractivity contribution in [3.05, 3.63) is 33.9 Å². The molecular weight excluding hydrogens is 321 g/mol. The van der Waals surface area contributed by atoms with Gasteiger partial charge in [-0.3, -0.25) is 4.79 Å². The monoisotopic (exact) mass is 331 g/mol. The Labute approximate surface area is 128 Å². The average molecular weight is 332 g/mol. The van der Waals surface area contributed by atoms with Crippen molar-refractivity contribution in [2.45, 2.75) is 6.10 Å². The number of hydrogen-bond acceptors (Lipinski definition) is 4. The van der Waals surface area contributed by atoms with E-state index >= 15 is 0 Å². The minimum Gasteiger partial charge on any atom is -0.479 e. The maximum atomic E-state index is 13.1. The van der Waals surface area contributed by atoms with Gasteiger partial charge in [-0.1, -0.05) is 11.6 Å². The molecule has 5 nitrogen and oxygen atoms in total. The fourth-order valence-electron chi connectivity index (χ4n) is 1.72.